The third kappa shape index (κ3) is 4.69. The van der Waals surface area contributed by atoms with Gasteiger partial charge in [0.15, 0.2) is 0 Å². The number of aromatic nitrogens is 2. The Morgan fingerprint density at radius 3 is 2.34 bits per heavy atom. The number of carbonyl (C=O) groups is 1. The molecule has 0 bridgehead atoms. The summed E-state index contributed by atoms with van der Waals surface area (Å²) >= 11 is 9.05. The summed E-state index contributed by atoms with van der Waals surface area (Å²) in [6.07, 6.45) is -3.91. The lowest BCUT2D eigenvalue weighted by molar-refractivity contribution is -0.136. The molecule has 158 valence electrons. The van der Waals surface area contributed by atoms with Crippen molar-refractivity contribution in [3.05, 3.63) is 27.5 Å². The van der Waals surface area contributed by atoms with Gasteiger partial charge in [-0.2, -0.15) is 13.2 Å². The van der Waals surface area contributed by atoms with Crippen LogP contribution in [0.3, 0.4) is 0 Å². The zero-order valence-corrected chi connectivity index (χ0v) is 18.3. The van der Waals surface area contributed by atoms with Crippen LogP contribution in [-0.4, -0.2) is 52.7 Å². The van der Waals surface area contributed by atoms with Gasteiger partial charge in [-0.25, -0.2) is 14.8 Å². The Bertz CT molecular complexity index is 941. The van der Waals surface area contributed by atoms with E-state index >= 15 is 0 Å². The van der Waals surface area contributed by atoms with Crippen LogP contribution in [0.5, 0.6) is 0 Å². The quantitative estimate of drug-likeness (QED) is 0.549. The topological polar surface area (TPSA) is 58.6 Å². The predicted molar refractivity (Wildman–Crippen MR) is 107 cm³/mol. The van der Waals surface area contributed by atoms with Gasteiger partial charge in [0.05, 0.1) is 21.5 Å². The molecule has 29 heavy (non-hydrogen) atoms. The number of ether oxygens (including phenoxy) is 1. The molecule has 1 aliphatic heterocycles. The number of hydrogen-bond acceptors (Lipinski definition) is 5. The van der Waals surface area contributed by atoms with E-state index in [4.69, 9.17) is 16.3 Å². The van der Waals surface area contributed by atoms with E-state index in [2.05, 4.69) is 25.9 Å². The van der Waals surface area contributed by atoms with E-state index in [1.165, 1.54) is 17.3 Å². The maximum Gasteiger partial charge on any atom is 0.418 e. The van der Waals surface area contributed by atoms with Gasteiger partial charge in [0.1, 0.15) is 17.7 Å². The number of hydrogen-bond donors (Lipinski definition) is 0. The summed E-state index contributed by atoms with van der Waals surface area (Å²) in [5, 5.41) is -0.590. The van der Waals surface area contributed by atoms with Crippen molar-refractivity contribution in [3.8, 4) is 0 Å². The van der Waals surface area contributed by atoms with Crippen LogP contribution in [-0.2, 0) is 10.9 Å². The van der Waals surface area contributed by atoms with E-state index < -0.39 is 28.5 Å². The molecule has 0 N–H and O–H groups in total. The second-order valence-electron chi connectivity index (χ2n) is 7.59. The van der Waals surface area contributed by atoms with Crippen LogP contribution in [0.15, 0.2) is 16.9 Å². The normalized spacial score (nSPS) is 15.7. The van der Waals surface area contributed by atoms with Crippen LogP contribution in [0.2, 0.25) is 5.02 Å². The zero-order valence-electron chi connectivity index (χ0n) is 16.0. The van der Waals surface area contributed by atoms with E-state index in [1.807, 2.05) is 0 Å². The molecule has 0 saturated carbocycles. The zero-order chi connectivity index (χ0) is 21.6. The third-order valence-corrected chi connectivity index (χ3v) is 5.56. The number of alkyl halides is 3. The van der Waals surface area contributed by atoms with E-state index in [0.29, 0.717) is 26.2 Å². The molecule has 6 nitrogen and oxygen atoms in total. The number of halogens is 5. The Kier molecular flexibility index (Phi) is 5.88. The van der Waals surface area contributed by atoms with E-state index in [-0.39, 0.29) is 21.2 Å². The van der Waals surface area contributed by atoms with Gasteiger partial charge in [-0.05, 0) is 42.8 Å². The first-order chi connectivity index (χ1) is 13.4. The molecule has 2 aromatic rings. The van der Waals surface area contributed by atoms with Crippen LogP contribution < -0.4 is 4.90 Å². The molecule has 1 aromatic heterocycles. The molecule has 1 fully saturated rings. The standard InChI is InChI=1S/C18H19BrClF3N4O2/c1-17(2,3)29-16(28)27-6-4-26(5-7-27)15-12-11(24-9-25-15)8-10(19)14(20)13(12)18(21,22)23/h8-9H,4-7H2,1-3H3. The molecular formula is C18H19BrClF3N4O2. The Morgan fingerprint density at radius 1 is 1.17 bits per heavy atom. The minimum atomic E-state index is -4.68. The van der Waals surface area contributed by atoms with Crippen molar-refractivity contribution >= 4 is 50.3 Å². The fourth-order valence-corrected chi connectivity index (χ4v) is 3.76. The monoisotopic (exact) mass is 494 g/mol. The second-order valence-corrected chi connectivity index (χ2v) is 8.82. The third-order valence-electron chi connectivity index (χ3n) is 4.31. The van der Waals surface area contributed by atoms with Crippen LogP contribution in [0.25, 0.3) is 10.9 Å². The SMILES string of the molecule is CC(C)(C)OC(=O)N1CCN(c2ncnc3cc(Br)c(Cl)c(C(F)(F)F)c23)CC1. The molecule has 11 heteroatoms. The number of benzene rings is 1. The number of carbonyl (C=O) groups excluding carboxylic acids is 1. The molecule has 0 aliphatic carbocycles. The first kappa shape index (κ1) is 21.9. The van der Waals surface area contributed by atoms with Gasteiger partial charge < -0.3 is 14.5 Å². The van der Waals surface area contributed by atoms with Crippen LogP contribution in [0.4, 0.5) is 23.8 Å². The summed E-state index contributed by atoms with van der Waals surface area (Å²) in [5.41, 5.74) is -1.47. The second kappa shape index (κ2) is 7.79. The van der Waals surface area contributed by atoms with Crippen molar-refractivity contribution in [2.75, 3.05) is 31.1 Å². The molecule has 0 atom stereocenters. The molecule has 2 heterocycles. The summed E-state index contributed by atoms with van der Waals surface area (Å²) in [5.74, 6) is 0.139. The van der Waals surface area contributed by atoms with Crippen molar-refractivity contribution in [1.29, 1.82) is 0 Å². The molecule has 1 aromatic carbocycles. The van der Waals surface area contributed by atoms with Crippen LogP contribution in [0.1, 0.15) is 26.3 Å². The summed E-state index contributed by atoms with van der Waals surface area (Å²) in [6.45, 7) is 6.52. The van der Waals surface area contributed by atoms with Gasteiger partial charge in [0.2, 0.25) is 0 Å². The molecule has 1 saturated heterocycles. The number of fused-ring (bicyclic) bond motifs is 1. The van der Waals surface area contributed by atoms with Gasteiger partial charge in [-0.15, -0.1) is 0 Å². The Morgan fingerprint density at radius 2 is 1.79 bits per heavy atom. The van der Waals surface area contributed by atoms with Crippen molar-refractivity contribution < 1.29 is 22.7 Å². The summed E-state index contributed by atoms with van der Waals surface area (Å²) in [4.78, 5) is 23.5. The van der Waals surface area contributed by atoms with Crippen LogP contribution in [0, 0.1) is 0 Å². The van der Waals surface area contributed by atoms with Crippen molar-refractivity contribution in [2.45, 2.75) is 32.5 Å². The van der Waals surface area contributed by atoms with Crippen molar-refractivity contribution in [2.24, 2.45) is 0 Å². The molecule has 0 spiro atoms. The summed E-state index contributed by atoms with van der Waals surface area (Å²) in [7, 11) is 0. The Balaban J connectivity index is 1.94. The highest BCUT2D eigenvalue weighted by Crippen LogP contribution is 2.45. The van der Waals surface area contributed by atoms with Gasteiger partial charge in [-0.3, -0.25) is 0 Å². The van der Waals surface area contributed by atoms with Gasteiger partial charge >= 0.3 is 12.3 Å². The lowest BCUT2D eigenvalue weighted by atomic mass is 10.1. The lowest BCUT2D eigenvalue weighted by Crippen LogP contribution is -2.50. The van der Waals surface area contributed by atoms with Gasteiger partial charge in [0.25, 0.3) is 0 Å². The maximum absolute atomic E-state index is 13.8. The minimum absolute atomic E-state index is 0.110. The number of anilines is 1. The molecular weight excluding hydrogens is 477 g/mol. The van der Waals surface area contributed by atoms with Gasteiger partial charge in [-0.1, -0.05) is 11.6 Å². The highest BCUT2D eigenvalue weighted by Gasteiger charge is 2.39. The molecule has 0 radical (unpaired) electrons. The highest BCUT2D eigenvalue weighted by atomic mass is 79.9. The first-order valence-electron chi connectivity index (χ1n) is 8.81. The smallest absolute Gasteiger partial charge is 0.418 e. The van der Waals surface area contributed by atoms with Gasteiger partial charge in [0, 0.05) is 30.7 Å². The molecule has 0 unspecified atom stereocenters. The average molecular weight is 496 g/mol. The summed E-state index contributed by atoms with van der Waals surface area (Å²) < 4.78 is 46.8. The molecule has 1 amide bonds. The highest BCUT2D eigenvalue weighted by molar-refractivity contribution is 9.10. The van der Waals surface area contributed by atoms with Crippen molar-refractivity contribution in [3.63, 3.8) is 0 Å². The number of nitrogens with zero attached hydrogens (tertiary/aromatic N) is 4. The average Bonchev–Trinajstić information content (AvgIpc) is 2.60. The Labute approximate surface area is 179 Å². The number of rotatable bonds is 1. The maximum atomic E-state index is 13.8. The van der Waals surface area contributed by atoms with E-state index in [9.17, 15) is 18.0 Å². The molecule has 3 rings (SSSR count). The Hall–Kier alpha value is -1.81. The van der Waals surface area contributed by atoms with Crippen LogP contribution >= 0.6 is 27.5 Å². The van der Waals surface area contributed by atoms with E-state index in [0.717, 1.165) is 0 Å². The first-order valence-corrected chi connectivity index (χ1v) is 9.98. The minimum Gasteiger partial charge on any atom is -0.444 e. The number of piperazine rings is 1. The summed E-state index contributed by atoms with van der Waals surface area (Å²) in [6, 6.07) is 1.44. The van der Waals surface area contributed by atoms with E-state index in [1.54, 1.807) is 25.7 Å². The number of amides is 1. The fraction of sp³-hybridized carbons (Fsp3) is 0.500. The molecule has 1 aliphatic rings. The predicted octanol–water partition coefficient (Wildman–Crippen LogP) is 5.12. The largest absolute Gasteiger partial charge is 0.444 e. The lowest BCUT2D eigenvalue weighted by Gasteiger charge is -2.36. The fourth-order valence-electron chi connectivity index (χ4n) is 3.08. The van der Waals surface area contributed by atoms with Crippen molar-refractivity contribution in [1.82, 2.24) is 14.9 Å².